The molecule has 0 spiro atoms. The maximum absolute atomic E-state index is 3.53. The van der Waals surface area contributed by atoms with Crippen molar-refractivity contribution >= 4 is 15.9 Å². The molecule has 0 heterocycles. The van der Waals surface area contributed by atoms with Crippen LogP contribution in [0.2, 0.25) is 0 Å². The summed E-state index contributed by atoms with van der Waals surface area (Å²) in [5, 5.41) is 3.45. The summed E-state index contributed by atoms with van der Waals surface area (Å²) in [6, 6.07) is 8.63. The summed E-state index contributed by atoms with van der Waals surface area (Å²) < 4.78 is 1.18. The van der Waals surface area contributed by atoms with Crippen LogP contribution in [-0.4, -0.2) is 13.1 Å². The third-order valence-corrected chi connectivity index (χ3v) is 3.48. The number of nitrogens with one attached hydrogen (secondary N) is 1. The van der Waals surface area contributed by atoms with Crippen LogP contribution in [0.1, 0.15) is 26.3 Å². The van der Waals surface area contributed by atoms with E-state index in [1.807, 2.05) is 0 Å². The number of hydrogen-bond donors (Lipinski definition) is 1. The average molecular weight is 284 g/mol. The smallest absolute Gasteiger partial charge is 0.0177 e. The third-order valence-electron chi connectivity index (χ3n) is 2.99. The molecule has 2 heteroatoms. The quantitative estimate of drug-likeness (QED) is 0.836. The topological polar surface area (TPSA) is 12.0 Å². The Labute approximate surface area is 108 Å². The van der Waals surface area contributed by atoms with Crippen LogP contribution in [0.5, 0.6) is 0 Å². The highest BCUT2D eigenvalue weighted by molar-refractivity contribution is 9.10. The van der Waals surface area contributed by atoms with Gasteiger partial charge in [0, 0.05) is 4.47 Å². The zero-order chi connectivity index (χ0) is 12.0. The molecule has 0 aliphatic heterocycles. The van der Waals surface area contributed by atoms with Crippen molar-refractivity contribution in [1.82, 2.24) is 5.32 Å². The first-order valence-electron chi connectivity index (χ1n) is 6.08. The Bertz CT molecular complexity index is 309. The molecule has 1 aromatic rings. The fraction of sp³-hybridized carbons (Fsp3) is 0.571. The Morgan fingerprint density at radius 3 is 2.62 bits per heavy atom. The van der Waals surface area contributed by atoms with Crippen molar-refractivity contribution in [1.29, 1.82) is 0 Å². The Morgan fingerprint density at radius 2 is 2.06 bits per heavy atom. The first kappa shape index (κ1) is 13.7. The van der Waals surface area contributed by atoms with Crippen LogP contribution in [0, 0.1) is 11.8 Å². The van der Waals surface area contributed by atoms with E-state index in [-0.39, 0.29) is 0 Å². The highest BCUT2D eigenvalue weighted by Crippen LogP contribution is 2.19. The molecule has 1 unspecified atom stereocenters. The number of benzene rings is 1. The lowest BCUT2D eigenvalue weighted by Crippen LogP contribution is -2.27. The number of hydrogen-bond acceptors (Lipinski definition) is 1. The molecule has 1 atom stereocenters. The zero-order valence-electron chi connectivity index (χ0n) is 10.5. The average Bonchev–Trinajstić information content (AvgIpc) is 2.24. The van der Waals surface area contributed by atoms with E-state index in [0.29, 0.717) is 5.92 Å². The van der Waals surface area contributed by atoms with Crippen LogP contribution >= 0.6 is 15.9 Å². The van der Waals surface area contributed by atoms with Gasteiger partial charge in [0.25, 0.3) is 0 Å². The molecule has 0 fully saturated rings. The van der Waals surface area contributed by atoms with Gasteiger partial charge in [0.1, 0.15) is 0 Å². The highest BCUT2D eigenvalue weighted by Gasteiger charge is 2.13. The molecule has 0 saturated heterocycles. The van der Waals surface area contributed by atoms with Gasteiger partial charge < -0.3 is 5.32 Å². The van der Waals surface area contributed by atoms with Crippen LogP contribution in [0.25, 0.3) is 0 Å². The first-order valence-corrected chi connectivity index (χ1v) is 6.88. The van der Waals surface area contributed by atoms with Gasteiger partial charge in [-0.05, 0) is 49.0 Å². The molecule has 0 aliphatic rings. The molecular weight excluding hydrogens is 262 g/mol. The van der Waals surface area contributed by atoms with Gasteiger partial charge in [0.05, 0.1) is 0 Å². The van der Waals surface area contributed by atoms with Crippen molar-refractivity contribution in [3.05, 3.63) is 34.3 Å². The van der Waals surface area contributed by atoms with Crippen LogP contribution < -0.4 is 5.32 Å². The van der Waals surface area contributed by atoms with Gasteiger partial charge in [-0.25, -0.2) is 0 Å². The zero-order valence-corrected chi connectivity index (χ0v) is 12.0. The van der Waals surface area contributed by atoms with Crippen molar-refractivity contribution in [2.24, 2.45) is 11.8 Å². The van der Waals surface area contributed by atoms with Gasteiger partial charge in [0.2, 0.25) is 0 Å². The molecular formula is C14H22BrN. The lowest BCUT2D eigenvalue weighted by molar-refractivity contribution is 0.364. The summed E-state index contributed by atoms with van der Waals surface area (Å²) in [5.41, 5.74) is 1.42. The maximum Gasteiger partial charge on any atom is 0.0177 e. The fourth-order valence-corrected chi connectivity index (χ4v) is 2.29. The van der Waals surface area contributed by atoms with E-state index < -0.39 is 0 Å². The summed E-state index contributed by atoms with van der Waals surface area (Å²) in [5.74, 6) is 1.44. The Morgan fingerprint density at radius 1 is 1.31 bits per heavy atom. The van der Waals surface area contributed by atoms with Gasteiger partial charge in [-0.3, -0.25) is 0 Å². The molecule has 0 aliphatic carbocycles. The van der Waals surface area contributed by atoms with E-state index in [1.165, 1.54) is 10.0 Å². The Kier molecular flexibility index (Phi) is 6.07. The van der Waals surface area contributed by atoms with Crippen LogP contribution in [0.15, 0.2) is 28.7 Å². The predicted octanol–water partition coefficient (Wildman–Crippen LogP) is 3.87. The van der Waals surface area contributed by atoms with Gasteiger partial charge in [0.15, 0.2) is 0 Å². The minimum Gasteiger partial charge on any atom is -0.317 e. The van der Waals surface area contributed by atoms with Gasteiger partial charge in [-0.15, -0.1) is 0 Å². The van der Waals surface area contributed by atoms with Crippen molar-refractivity contribution in [3.8, 4) is 0 Å². The fourth-order valence-electron chi connectivity index (χ4n) is 1.84. The van der Waals surface area contributed by atoms with E-state index in [1.54, 1.807) is 0 Å². The van der Waals surface area contributed by atoms with E-state index >= 15 is 0 Å². The van der Waals surface area contributed by atoms with Crippen molar-refractivity contribution in [2.75, 3.05) is 13.1 Å². The second kappa shape index (κ2) is 7.08. The predicted molar refractivity (Wildman–Crippen MR) is 74.7 cm³/mol. The largest absolute Gasteiger partial charge is 0.317 e. The van der Waals surface area contributed by atoms with E-state index in [9.17, 15) is 0 Å². The van der Waals surface area contributed by atoms with Crippen molar-refractivity contribution < 1.29 is 0 Å². The van der Waals surface area contributed by atoms with E-state index in [2.05, 4.69) is 66.3 Å². The highest BCUT2D eigenvalue weighted by atomic mass is 79.9. The van der Waals surface area contributed by atoms with Gasteiger partial charge in [-0.2, -0.15) is 0 Å². The van der Waals surface area contributed by atoms with Crippen LogP contribution in [0.3, 0.4) is 0 Å². The van der Waals surface area contributed by atoms with Crippen LogP contribution in [0.4, 0.5) is 0 Å². The molecule has 0 aromatic heterocycles. The molecule has 1 rings (SSSR count). The number of halogens is 1. The minimum atomic E-state index is 0.717. The maximum atomic E-state index is 3.53. The monoisotopic (exact) mass is 283 g/mol. The van der Waals surface area contributed by atoms with E-state index in [4.69, 9.17) is 0 Å². The van der Waals surface area contributed by atoms with Gasteiger partial charge in [-0.1, -0.05) is 48.8 Å². The second-order valence-corrected chi connectivity index (χ2v) is 5.56. The molecule has 1 N–H and O–H groups in total. The molecule has 0 radical (unpaired) electrons. The van der Waals surface area contributed by atoms with Gasteiger partial charge >= 0.3 is 0 Å². The van der Waals surface area contributed by atoms with Crippen LogP contribution in [-0.2, 0) is 6.42 Å². The minimum absolute atomic E-state index is 0.717. The molecule has 0 saturated carbocycles. The Hall–Kier alpha value is -0.340. The normalized spacial score (nSPS) is 13.1. The van der Waals surface area contributed by atoms with E-state index in [0.717, 1.165) is 25.4 Å². The third kappa shape index (κ3) is 4.67. The molecule has 90 valence electrons. The molecule has 1 aromatic carbocycles. The summed E-state index contributed by atoms with van der Waals surface area (Å²) in [6.07, 6.45) is 1.16. The van der Waals surface area contributed by atoms with Crippen molar-refractivity contribution in [2.45, 2.75) is 27.2 Å². The number of rotatable bonds is 6. The summed E-state index contributed by atoms with van der Waals surface area (Å²) >= 11 is 3.53. The molecule has 0 bridgehead atoms. The standard InChI is InChI=1S/C14H22BrN/c1-4-16-10-13(11(2)3)8-12-6-5-7-14(15)9-12/h5-7,9,11,13,16H,4,8,10H2,1-3H3. The van der Waals surface area contributed by atoms with Crippen molar-refractivity contribution in [3.63, 3.8) is 0 Å². The lowest BCUT2D eigenvalue weighted by atomic mass is 9.89. The molecule has 16 heavy (non-hydrogen) atoms. The SMILES string of the molecule is CCNCC(Cc1cccc(Br)c1)C(C)C. The molecule has 0 amide bonds. The molecule has 1 nitrogen and oxygen atoms in total. The Balaban J connectivity index is 2.60. The summed E-state index contributed by atoms with van der Waals surface area (Å²) in [7, 11) is 0. The summed E-state index contributed by atoms with van der Waals surface area (Å²) in [6.45, 7) is 8.94. The summed E-state index contributed by atoms with van der Waals surface area (Å²) in [4.78, 5) is 0. The second-order valence-electron chi connectivity index (χ2n) is 4.65. The lowest BCUT2D eigenvalue weighted by Gasteiger charge is -2.21. The first-order chi connectivity index (χ1) is 7.63.